The third-order valence-electron chi connectivity index (χ3n) is 2.93. The minimum atomic E-state index is -1.39. The van der Waals surface area contributed by atoms with Gasteiger partial charge in [0.05, 0.1) is 16.7 Å². The van der Waals surface area contributed by atoms with E-state index in [2.05, 4.69) is 0 Å². The quantitative estimate of drug-likeness (QED) is 0.795. The van der Waals surface area contributed by atoms with Crippen LogP contribution in [0.15, 0.2) is 42.5 Å². The average Bonchev–Trinajstić information content (AvgIpc) is 2.46. The molecule has 0 aromatic heterocycles. The minimum absolute atomic E-state index is 0.00966. The number of carboxylic acid groups (broad SMARTS) is 3. The van der Waals surface area contributed by atoms with Crippen LogP contribution in [-0.4, -0.2) is 33.2 Å². The summed E-state index contributed by atoms with van der Waals surface area (Å²) in [6, 6.07) is 9.71. The van der Waals surface area contributed by atoms with Gasteiger partial charge in [0.2, 0.25) is 0 Å². The second-order valence-electron chi connectivity index (χ2n) is 4.22. The molecule has 0 unspecified atom stereocenters. The molecule has 2 aromatic rings. The van der Waals surface area contributed by atoms with Crippen LogP contribution in [0.1, 0.15) is 31.1 Å². The molecule has 0 saturated heterocycles. The van der Waals surface area contributed by atoms with Crippen LogP contribution in [0.2, 0.25) is 0 Å². The topological polar surface area (TPSA) is 112 Å². The zero-order valence-electron chi connectivity index (χ0n) is 10.6. The third kappa shape index (κ3) is 2.74. The molecule has 0 aliphatic rings. The second kappa shape index (κ2) is 5.46. The maximum absolute atomic E-state index is 11.4. The summed E-state index contributed by atoms with van der Waals surface area (Å²) in [7, 11) is 0. The number of hydrogen-bond donors (Lipinski definition) is 3. The van der Waals surface area contributed by atoms with Crippen molar-refractivity contribution < 1.29 is 29.7 Å². The minimum Gasteiger partial charge on any atom is -0.478 e. The molecule has 0 heterocycles. The largest absolute Gasteiger partial charge is 0.478 e. The summed E-state index contributed by atoms with van der Waals surface area (Å²) in [6.45, 7) is 0. The van der Waals surface area contributed by atoms with Crippen LogP contribution < -0.4 is 0 Å². The van der Waals surface area contributed by atoms with Crippen molar-refractivity contribution in [3.63, 3.8) is 0 Å². The van der Waals surface area contributed by atoms with E-state index in [4.69, 9.17) is 10.2 Å². The van der Waals surface area contributed by atoms with E-state index in [0.29, 0.717) is 5.56 Å². The fourth-order valence-corrected chi connectivity index (χ4v) is 2.02. The van der Waals surface area contributed by atoms with Crippen molar-refractivity contribution in [2.45, 2.75) is 0 Å². The van der Waals surface area contributed by atoms with E-state index < -0.39 is 17.9 Å². The van der Waals surface area contributed by atoms with Crippen molar-refractivity contribution in [3.05, 3.63) is 59.2 Å². The van der Waals surface area contributed by atoms with Gasteiger partial charge in [-0.1, -0.05) is 24.3 Å². The summed E-state index contributed by atoms with van der Waals surface area (Å²) < 4.78 is 0. The number of aromatic carboxylic acids is 3. The molecule has 106 valence electrons. The van der Waals surface area contributed by atoms with Crippen LogP contribution in [0.5, 0.6) is 0 Å². The summed E-state index contributed by atoms with van der Waals surface area (Å²) >= 11 is 0. The fraction of sp³-hybridized carbons (Fsp3) is 0. The molecule has 0 radical (unpaired) electrons. The van der Waals surface area contributed by atoms with Crippen LogP contribution in [-0.2, 0) is 0 Å². The van der Waals surface area contributed by atoms with Crippen molar-refractivity contribution in [2.75, 3.05) is 0 Å². The Bertz CT molecular complexity index is 748. The van der Waals surface area contributed by atoms with Gasteiger partial charge in [0.15, 0.2) is 0 Å². The number of carboxylic acids is 3. The van der Waals surface area contributed by atoms with Crippen molar-refractivity contribution in [3.8, 4) is 11.1 Å². The first-order chi connectivity index (χ1) is 9.91. The van der Waals surface area contributed by atoms with Gasteiger partial charge in [-0.2, -0.15) is 0 Å². The van der Waals surface area contributed by atoms with Gasteiger partial charge in [-0.05, 0) is 29.3 Å². The van der Waals surface area contributed by atoms with Crippen LogP contribution in [0.4, 0.5) is 0 Å². The molecule has 3 N–H and O–H groups in total. The van der Waals surface area contributed by atoms with E-state index in [1.54, 1.807) is 0 Å². The Hall–Kier alpha value is -3.15. The molecule has 0 bridgehead atoms. The molecular formula is C15H10O6. The Kier molecular flexibility index (Phi) is 3.71. The van der Waals surface area contributed by atoms with Gasteiger partial charge < -0.3 is 15.3 Å². The van der Waals surface area contributed by atoms with Crippen LogP contribution in [0, 0.1) is 0 Å². The molecule has 0 atom stereocenters. The third-order valence-corrected chi connectivity index (χ3v) is 2.93. The lowest BCUT2D eigenvalue weighted by Gasteiger charge is -2.09. The smallest absolute Gasteiger partial charge is 0.337 e. The highest BCUT2D eigenvalue weighted by molar-refractivity contribution is 6.06. The van der Waals surface area contributed by atoms with Gasteiger partial charge in [0.1, 0.15) is 0 Å². The summed E-state index contributed by atoms with van der Waals surface area (Å²) in [4.78, 5) is 33.5. The van der Waals surface area contributed by atoms with E-state index in [9.17, 15) is 19.5 Å². The summed E-state index contributed by atoms with van der Waals surface area (Å²) in [6.07, 6.45) is 0. The van der Waals surface area contributed by atoms with Crippen molar-refractivity contribution in [1.82, 2.24) is 0 Å². The zero-order chi connectivity index (χ0) is 15.6. The maximum atomic E-state index is 11.4. The van der Waals surface area contributed by atoms with E-state index in [1.165, 1.54) is 42.5 Å². The van der Waals surface area contributed by atoms with Crippen molar-refractivity contribution >= 4 is 17.9 Å². The molecule has 0 fully saturated rings. The van der Waals surface area contributed by atoms with Crippen molar-refractivity contribution in [1.29, 1.82) is 0 Å². The monoisotopic (exact) mass is 286 g/mol. The number of carbonyl (C=O) groups is 3. The molecule has 2 rings (SSSR count). The normalized spacial score (nSPS) is 10.1. The summed E-state index contributed by atoms with van der Waals surface area (Å²) in [5.41, 5.74) is -0.237. The van der Waals surface area contributed by atoms with Gasteiger partial charge >= 0.3 is 17.9 Å². The molecular weight excluding hydrogens is 276 g/mol. The SMILES string of the molecule is O=C(O)c1cccc(-c2cccc(C(=O)O)c2C(=O)O)c1. The summed E-state index contributed by atoms with van der Waals surface area (Å²) in [5, 5.41) is 27.3. The van der Waals surface area contributed by atoms with Crippen LogP contribution >= 0.6 is 0 Å². The molecule has 0 aliphatic carbocycles. The first-order valence-corrected chi connectivity index (χ1v) is 5.85. The van der Waals surface area contributed by atoms with Gasteiger partial charge in [-0.15, -0.1) is 0 Å². The lowest BCUT2D eigenvalue weighted by atomic mass is 9.94. The highest BCUT2D eigenvalue weighted by Gasteiger charge is 2.21. The molecule has 0 spiro atoms. The molecule has 0 amide bonds. The van der Waals surface area contributed by atoms with Crippen LogP contribution in [0.25, 0.3) is 11.1 Å². The first-order valence-electron chi connectivity index (χ1n) is 5.85. The van der Waals surface area contributed by atoms with E-state index in [0.717, 1.165) is 0 Å². The molecule has 0 saturated carbocycles. The summed E-state index contributed by atoms with van der Waals surface area (Å²) in [5.74, 6) is -3.89. The standard InChI is InChI=1S/C15H10O6/c16-13(17)9-4-1-3-8(7-9)10-5-2-6-11(14(18)19)12(10)15(20)21/h1-7H,(H,16,17)(H,18,19)(H,20,21). The Labute approximate surface area is 118 Å². The first kappa shape index (κ1) is 14.3. The Morgan fingerprint density at radius 1 is 0.762 bits per heavy atom. The Morgan fingerprint density at radius 3 is 2.00 bits per heavy atom. The predicted molar refractivity (Wildman–Crippen MR) is 72.8 cm³/mol. The second-order valence-corrected chi connectivity index (χ2v) is 4.22. The molecule has 6 heteroatoms. The fourth-order valence-electron chi connectivity index (χ4n) is 2.02. The lowest BCUT2D eigenvalue weighted by Crippen LogP contribution is -2.10. The highest BCUT2D eigenvalue weighted by Crippen LogP contribution is 2.27. The molecule has 21 heavy (non-hydrogen) atoms. The van der Waals surface area contributed by atoms with Gasteiger partial charge in [-0.3, -0.25) is 0 Å². The van der Waals surface area contributed by atoms with E-state index in [1.807, 2.05) is 0 Å². The van der Waals surface area contributed by atoms with Gasteiger partial charge in [0.25, 0.3) is 0 Å². The maximum Gasteiger partial charge on any atom is 0.337 e. The van der Waals surface area contributed by atoms with Gasteiger partial charge in [-0.25, -0.2) is 14.4 Å². The predicted octanol–water partition coefficient (Wildman–Crippen LogP) is 2.45. The average molecular weight is 286 g/mol. The van der Waals surface area contributed by atoms with E-state index >= 15 is 0 Å². The molecule has 0 aliphatic heterocycles. The van der Waals surface area contributed by atoms with Gasteiger partial charge in [0, 0.05) is 0 Å². The molecule has 2 aromatic carbocycles. The number of benzene rings is 2. The highest BCUT2D eigenvalue weighted by atomic mass is 16.4. The van der Waals surface area contributed by atoms with E-state index in [-0.39, 0.29) is 22.3 Å². The van der Waals surface area contributed by atoms with Crippen molar-refractivity contribution in [2.24, 2.45) is 0 Å². The molecule has 6 nitrogen and oxygen atoms in total. The number of hydrogen-bond acceptors (Lipinski definition) is 3. The lowest BCUT2D eigenvalue weighted by molar-refractivity contribution is 0.0652. The Balaban J connectivity index is 2.72. The van der Waals surface area contributed by atoms with Crippen LogP contribution in [0.3, 0.4) is 0 Å². The number of rotatable bonds is 4. The zero-order valence-corrected chi connectivity index (χ0v) is 10.6. The Morgan fingerprint density at radius 2 is 1.43 bits per heavy atom.